The lowest BCUT2D eigenvalue weighted by atomic mass is 9.97. The maximum absolute atomic E-state index is 13.4. The van der Waals surface area contributed by atoms with Crippen LogP contribution in [0.15, 0.2) is 24.5 Å². The Morgan fingerprint density at radius 2 is 2.03 bits per heavy atom. The Balaban J connectivity index is 1.44. The molecule has 4 heterocycles. The number of benzene rings is 1. The van der Waals surface area contributed by atoms with Crippen molar-refractivity contribution in [1.82, 2.24) is 34.3 Å². The largest absolute Gasteiger partial charge is 0.331 e. The van der Waals surface area contributed by atoms with Gasteiger partial charge in [0, 0.05) is 37.2 Å². The van der Waals surface area contributed by atoms with E-state index in [0.717, 1.165) is 11.3 Å². The van der Waals surface area contributed by atoms with Gasteiger partial charge in [0.15, 0.2) is 0 Å². The molecule has 1 aromatic carbocycles. The highest BCUT2D eigenvalue weighted by Gasteiger charge is 2.37. The molecule has 0 bridgehead atoms. The first-order valence-corrected chi connectivity index (χ1v) is 11.1. The van der Waals surface area contributed by atoms with Gasteiger partial charge in [-0.2, -0.15) is 10.2 Å². The van der Waals surface area contributed by atoms with E-state index < -0.39 is 0 Å². The molecule has 11 heteroatoms. The van der Waals surface area contributed by atoms with Crippen LogP contribution in [-0.4, -0.2) is 58.7 Å². The average molecular weight is 474 g/mol. The van der Waals surface area contributed by atoms with E-state index in [-0.39, 0.29) is 17.9 Å². The number of nitrogens with zero attached hydrogens (tertiary/aromatic N) is 7. The molecule has 3 aromatic rings. The molecule has 0 saturated carbocycles. The molecule has 0 N–H and O–H groups in total. The van der Waals surface area contributed by atoms with E-state index in [9.17, 15) is 9.59 Å². The second-order valence-electron chi connectivity index (χ2n) is 8.14. The number of aryl methyl sites for hydroxylation is 1. The lowest BCUT2D eigenvalue weighted by Gasteiger charge is -2.34. The van der Waals surface area contributed by atoms with Crippen LogP contribution in [-0.2, 0) is 33.1 Å². The van der Waals surface area contributed by atoms with E-state index >= 15 is 0 Å². The Kier molecular flexibility index (Phi) is 5.17. The number of aromatic nitrogens is 5. The molecule has 2 aliphatic heterocycles. The first-order chi connectivity index (χ1) is 15.3. The summed E-state index contributed by atoms with van der Waals surface area (Å²) in [4.78, 5) is 34.4. The Morgan fingerprint density at radius 1 is 1.22 bits per heavy atom. The van der Waals surface area contributed by atoms with Gasteiger partial charge in [0.2, 0.25) is 0 Å². The molecule has 0 unspecified atom stereocenters. The maximum atomic E-state index is 13.4. The zero-order chi connectivity index (χ0) is 22.6. The van der Waals surface area contributed by atoms with E-state index in [2.05, 4.69) is 10.1 Å². The molecule has 9 nitrogen and oxygen atoms in total. The number of halogens is 2. The fourth-order valence-corrected chi connectivity index (χ4v) is 4.61. The Morgan fingerprint density at radius 3 is 2.75 bits per heavy atom. The second-order valence-corrected chi connectivity index (χ2v) is 8.95. The normalized spacial score (nSPS) is 18.0. The van der Waals surface area contributed by atoms with Crippen LogP contribution < -0.4 is 0 Å². The lowest BCUT2D eigenvalue weighted by molar-refractivity contribution is 0.0635. The van der Waals surface area contributed by atoms with Crippen LogP contribution in [0.1, 0.15) is 44.9 Å². The van der Waals surface area contributed by atoms with Crippen molar-refractivity contribution < 1.29 is 9.59 Å². The molecule has 1 atom stereocenters. The fraction of sp³-hybridized carbons (Fsp3) is 0.381. The van der Waals surface area contributed by atoms with Crippen LogP contribution in [0.4, 0.5) is 0 Å². The first-order valence-electron chi connectivity index (χ1n) is 10.3. The van der Waals surface area contributed by atoms with Crippen molar-refractivity contribution >= 4 is 35.0 Å². The van der Waals surface area contributed by atoms with Gasteiger partial charge in [0.05, 0.1) is 35.4 Å². The van der Waals surface area contributed by atoms with Crippen molar-refractivity contribution in [2.45, 2.75) is 39.0 Å². The highest BCUT2D eigenvalue weighted by molar-refractivity contribution is 6.42. The number of hydrogen-bond acceptors (Lipinski definition) is 5. The summed E-state index contributed by atoms with van der Waals surface area (Å²) >= 11 is 12.1. The third kappa shape index (κ3) is 3.45. The number of carbonyl (C=O) groups excluding carboxylic acids is 2. The van der Waals surface area contributed by atoms with Gasteiger partial charge in [0.1, 0.15) is 17.8 Å². The van der Waals surface area contributed by atoms with Gasteiger partial charge in [-0.15, -0.1) is 0 Å². The number of amides is 2. The van der Waals surface area contributed by atoms with E-state index in [4.69, 9.17) is 28.3 Å². The molecular formula is C21H21Cl2N7O2. The van der Waals surface area contributed by atoms with Crippen molar-refractivity contribution in [3.8, 4) is 0 Å². The molecule has 0 spiro atoms. The van der Waals surface area contributed by atoms with Gasteiger partial charge in [-0.05, 0) is 25.1 Å². The summed E-state index contributed by atoms with van der Waals surface area (Å²) in [6, 6.07) is 4.80. The van der Waals surface area contributed by atoms with E-state index in [1.807, 2.05) is 6.92 Å². The summed E-state index contributed by atoms with van der Waals surface area (Å²) in [5, 5.41) is 9.50. The predicted octanol–water partition coefficient (Wildman–Crippen LogP) is 2.56. The van der Waals surface area contributed by atoms with Crippen LogP contribution in [0.3, 0.4) is 0 Å². The number of rotatable bonds is 3. The van der Waals surface area contributed by atoms with Crippen LogP contribution >= 0.6 is 23.2 Å². The predicted molar refractivity (Wildman–Crippen MR) is 117 cm³/mol. The minimum atomic E-state index is -0.152. The number of hydrogen-bond donors (Lipinski definition) is 0. The highest BCUT2D eigenvalue weighted by atomic mass is 35.5. The smallest absolute Gasteiger partial charge is 0.272 e. The van der Waals surface area contributed by atoms with Crippen molar-refractivity contribution in [1.29, 1.82) is 0 Å². The molecule has 0 aliphatic carbocycles. The molecule has 166 valence electrons. The second kappa shape index (κ2) is 7.90. The third-order valence-corrected chi connectivity index (χ3v) is 6.86. The van der Waals surface area contributed by atoms with Crippen LogP contribution in [0.2, 0.25) is 10.0 Å². The summed E-state index contributed by atoms with van der Waals surface area (Å²) in [6.07, 6.45) is 2.06. The first kappa shape index (κ1) is 21.0. The Labute approximate surface area is 194 Å². The highest BCUT2D eigenvalue weighted by Crippen LogP contribution is 2.31. The number of fused-ring (bicyclic) bond motifs is 3. The molecule has 2 amide bonds. The standard InChI is InChI=1S/C21H21Cl2N7O2/c1-12-7-17-14(9-29(12)20(31)13-3-4-15(22)16(23)8-13)19-21(32)28(5-6-30(19)26-17)10-18-24-11-25-27(18)2/h3-4,8,11-12H,5-7,9-10H2,1-2H3/t12-/m1/s1. The minimum Gasteiger partial charge on any atom is -0.331 e. The molecule has 0 fully saturated rings. The summed E-state index contributed by atoms with van der Waals surface area (Å²) in [5.74, 6) is 0.454. The van der Waals surface area contributed by atoms with Gasteiger partial charge >= 0.3 is 0 Å². The molecule has 32 heavy (non-hydrogen) atoms. The van der Waals surface area contributed by atoms with Crippen LogP contribution in [0.5, 0.6) is 0 Å². The van der Waals surface area contributed by atoms with Crippen LogP contribution in [0, 0.1) is 0 Å². The minimum absolute atomic E-state index is 0.0637. The summed E-state index contributed by atoms with van der Waals surface area (Å²) in [6.45, 7) is 3.81. The topological polar surface area (TPSA) is 89.2 Å². The van der Waals surface area contributed by atoms with Crippen molar-refractivity contribution in [2.24, 2.45) is 7.05 Å². The fourth-order valence-electron chi connectivity index (χ4n) is 4.31. The van der Waals surface area contributed by atoms with E-state index in [0.29, 0.717) is 59.7 Å². The summed E-state index contributed by atoms with van der Waals surface area (Å²) < 4.78 is 3.44. The van der Waals surface area contributed by atoms with Crippen molar-refractivity contribution in [2.75, 3.05) is 6.54 Å². The average Bonchev–Trinajstić information content (AvgIpc) is 3.33. The Bertz CT molecular complexity index is 1230. The monoisotopic (exact) mass is 473 g/mol. The maximum Gasteiger partial charge on any atom is 0.272 e. The van der Waals surface area contributed by atoms with Crippen LogP contribution in [0.25, 0.3) is 0 Å². The van der Waals surface area contributed by atoms with Crippen molar-refractivity contribution in [3.05, 3.63) is 62.9 Å². The molecule has 2 aromatic heterocycles. The zero-order valence-electron chi connectivity index (χ0n) is 17.6. The summed E-state index contributed by atoms with van der Waals surface area (Å²) in [5.41, 5.74) is 2.70. The third-order valence-electron chi connectivity index (χ3n) is 6.12. The Hall–Kier alpha value is -2.91. The molecule has 2 aliphatic rings. The van der Waals surface area contributed by atoms with E-state index in [1.54, 1.807) is 44.4 Å². The van der Waals surface area contributed by atoms with Gasteiger partial charge in [-0.25, -0.2) is 4.98 Å². The molecule has 5 rings (SSSR count). The van der Waals surface area contributed by atoms with Crippen molar-refractivity contribution in [3.63, 3.8) is 0 Å². The molecular weight excluding hydrogens is 453 g/mol. The quantitative estimate of drug-likeness (QED) is 0.582. The lowest BCUT2D eigenvalue weighted by Crippen LogP contribution is -2.44. The molecule has 0 saturated heterocycles. The number of carbonyl (C=O) groups is 2. The summed E-state index contributed by atoms with van der Waals surface area (Å²) in [7, 11) is 1.80. The zero-order valence-corrected chi connectivity index (χ0v) is 19.1. The SMILES string of the molecule is C[C@@H]1Cc2nn3c(c2CN1C(=O)c1ccc(Cl)c(Cl)c1)C(=O)N(Cc1ncnn1C)CC3. The van der Waals surface area contributed by atoms with Gasteiger partial charge in [-0.1, -0.05) is 23.2 Å². The van der Waals surface area contributed by atoms with Gasteiger partial charge < -0.3 is 9.80 Å². The van der Waals surface area contributed by atoms with Gasteiger partial charge in [-0.3, -0.25) is 19.0 Å². The van der Waals surface area contributed by atoms with Gasteiger partial charge in [0.25, 0.3) is 11.8 Å². The molecule has 0 radical (unpaired) electrons. The van der Waals surface area contributed by atoms with E-state index in [1.165, 1.54) is 6.33 Å².